The fourth-order valence-electron chi connectivity index (χ4n) is 2.69. The van der Waals surface area contributed by atoms with Crippen molar-refractivity contribution in [3.63, 3.8) is 0 Å². The third-order valence-electron chi connectivity index (χ3n) is 4.00. The van der Waals surface area contributed by atoms with Gasteiger partial charge < -0.3 is 15.1 Å². The maximum atomic E-state index is 12.5. The third kappa shape index (κ3) is 3.25. The van der Waals surface area contributed by atoms with Crippen LogP contribution in [0.4, 0.5) is 11.4 Å². The van der Waals surface area contributed by atoms with E-state index in [0.717, 1.165) is 33.6 Å². The van der Waals surface area contributed by atoms with Gasteiger partial charge in [-0.1, -0.05) is 18.2 Å². The maximum absolute atomic E-state index is 12.5. The van der Waals surface area contributed by atoms with Crippen LogP contribution in [0.25, 0.3) is 11.1 Å². The highest BCUT2D eigenvalue weighted by molar-refractivity contribution is 5.97. The number of aryl methyl sites for hydroxylation is 3. The first-order chi connectivity index (χ1) is 11.4. The van der Waals surface area contributed by atoms with E-state index in [2.05, 4.69) is 15.6 Å². The number of amides is 1. The molecular formula is C19H21N3O2. The molecule has 0 aliphatic heterocycles. The number of para-hydroxylation sites is 1. The van der Waals surface area contributed by atoms with E-state index in [1.165, 1.54) is 0 Å². The van der Waals surface area contributed by atoms with Crippen LogP contribution >= 0.6 is 0 Å². The van der Waals surface area contributed by atoms with Gasteiger partial charge in [-0.15, -0.1) is 0 Å². The van der Waals surface area contributed by atoms with Gasteiger partial charge in [0.25, 0.3) is 0 Å². The molecule has 0 saturated heterocycles. The normalized spacial score (nSPS) is 12.2. The van der Waals surface area contributed by atoms with Crippen LogP contribution in [-0.2, 0) is 4.79 Å². The summed E-state index contributed by atoms with van der Waals surface area (Å²) in [4.78, 5) is 16.8. The van der Waals surface area contributed by atoms with Gasteiger partial charge in [0.1, 0.15) is 11.6 Å². The van der Waals surface area contributed by atoms with Crippen LogP contribution in [0.5, 0.6) is 0 Å². The highest BCUT2D eigenvalue weighted by Crippen LogP contribution is 2.22. The fraction of sp³-hybridized carbons (Fsp3) is 0.263. The van der Waals surface area contributed by atoms with E-state index < -0.39 is 0 Å². The van der Waals surface area contributed by atoms with E-state index in [-0.39, 0.29) is 11.9 Å². The maximum Gasteiger partial charge on any atom is 0.246 e. The Hall–Kier alpha value is -2.82. The summed E-state index contributed by atoms with van der Waals surface area (Å²) < 4.78 is 5.46. The molecule has 1 amide bonds. The summed E-state index contributed by atoms with van der Waals surface area (Å²) in [7, 11) is 0. The van der Waals surface area contributed by atoms with E-state index >= 15 is 0 Å². The molecule has 1 atom stereocenters. The molecule has 124 valence electrons. The minimum absolute atomic E-state index is 0.0798. The van der Waals surface area contributed by atoms with Crippen LogP contribution in [0, 0.1) is 20.8 Å². The van der Waals surface area contributed by atoms with Crippen molar-refractivity contribution in [3.05, 3.63) is 53.4 Å². The number of aromatic nitrogens is 1. The number of hydrogen-bond acceptors (Lipinski definition) is 4. The first-order valence-corrected chi connectivity index (χ1v) is 7.95. The zero-order valence-electron chi connectivity index (χ0n) is 14.3. The number of carbonyl (C=O) groups excluding carboxylic acids is 1. The molecule has 2 N–H and O–H groups in total. The number of fused-ring (bicyclic) bond motifs is 1. The van der Waals surface area contributed by atoms with Crippen molar-refractivity contribution >= 4 is 28.4 Å². The number of hydrogen-bond donors (Lipinski definition) is 2. The molecule has 3 rings (SSSR count). The molecule has 0 spiro atoms. The Kier molecular flexibility index (Phi) is 4.25. The number of rotatable bonds is 4. The third-order valence-corrected chi connectivity index (χ3v) is 4.00. The molecule has 0 fully saturated rings. The second-order valence-corrected chi connectivity index (χ2v) is 6.04. The standard InChI is InChI=1S/C19H21N3O2/c1-11-6-5-7-12(2)18(11)22-19(23)13(3)20-15-8-9-17-16(10-15)21-14(4)24-17/h5-10,13,20H,1-4H3,(H,22,23). The first-order valence-electron chi connectivity index (χ1n) is 7.95. The van der Waals surface area contributed by atoms with Crippen LogP contribution in [-0.4, -0.2) is 16.9 Å². The molecule has 1 unspecified atom stereocenters. The summed E-state index contributed by atoms with van der Waals surface area (Å²) >= 11 is 0. The van der Waals surface area contributed by atoms with Crippen molar-refractivity contribution in [1.29, 1.82) is 0 Å². The topological polar surface area (TPSA) is 67.2 Å². The quantitative estimate of drug-likeness (QED) is 0.755. The van der Waals surface area contributed by atoms with Gasteiger partial charge in [0.2, 0.25) is 5.91 Å². The molecule has 5 nitrogen and oxygen atoms in total. The van der Waals surface area contributed by atoms with E-state index in [1.54, 1.807) is 0 Å². The summed E-state index contributed by atoms with van der Waals surface area (Å²) in [6, 6.07) is 11.2. The van der Waals surface area contributed by atoms with Gasteiger partial charge in [0, 0.05) is 18.3 Å². The zero-order valence-corrected chi connectivity index (χ0v) is 14.3. The molecule has 1 heterocycles. The Morgan fingerprint density at radius 1 is 1.12 bits per heavy atom. The molecule has 0 saturated carbocycles. The van der Waals surface area contributed by atoms with Crippen molar-refractivity contribution in [3.8, 4) is 0 Å². The van der Waals surface area contributed by atoms with Gasteiger partial charge in [-0.25, -0.2) is 4.98 Å². The van der Waals surface area contributed by atoms with Crippen LogP contribution in [0.2, 0.25) is 0 Å². The van der Waals surface area contributed by atoms with Crippen LogP contribution in [0.3, 0.4) is 0 Å². The Morgan fingerprint density at radius 3 is 2.54 bits per heavy atom. The molecular weight excluding hydrogens is 302 g/mol. The van der Waals surface area contributed by atoms with Crippen LogP contribution < -0.4 is 10.6 Å². The molecule has 0 aliphatic carbocycles. The molecule has 0 radical (unpaired) electrons. The van der Waals surface area contributed by atoms with Crippen molar-refractivity contribution in [2.75, 3.05) is 10.6 Å². The lowest BCUT2D eigenvalue weighted by Gasteiger charge is -2.17. The van der Waals surface area contributed by atoms with E-state index in [1.807, 2.05) is 64.1 Å². The van der Waals surface area contributed by atoms with Crippen LogP contribution in [0.1, 0.15) is 23.9 Å². The molecule has 0 aliphatic rings. The predicted octanol–water partition coefficient (Wildman–Crippen LogP) is 4.19. The second kappa shape index (κ2) is 6.35. The number of nitrogens with zero attached hydrogens (tertiary/aromatic N) is 1. The van der Waals surface area contributed by atoms with Gasteiger partial charge in [-0.05, 0) is 50.1 Å². The first kappa shape index (κ1) is 16.1. The summed E-state index contributed by atoms with van der Waals surface area (Å²) in [6.45, 7) is 7.62. The lowest BCUT2D eigenvalue weighted by Crippen LogP contribution is -2.32. The predicted molar refractivity (Wildman–Crippen MR) is 96.4 cm³/mol. The van der Waals surface area contributed by atoms with Gasteiger partial charge in [0.15, 0.2) is 11.5 Å². The van der Waals surface area contributed by atoms with Gasteiger partial charge in [-0.3, -0.25) is 4.79 Å². The van der Waals surface area contributed by atoms with Crippen molar-refractivity contribution < 1.29 is 9.21 Å². The minimum Gasteiger partial charge on any atom is -0.441 e. The lowest BCUT2D eigenvalue weighted by molar-refractivity contribution is -0.116. The Labute approximate surface area is 141 Å². The van der Waals surface area contributed by atoms with Crippen LogP contribution in [0.15, 0.2) is 40.8 Å². The number of benzene rings is 2. The smallest absolute Gasteiger partial charge is 0.246 e. The highest BCUT2D eigenvalue weighted by Gasteiger charge is 2.15. The SMILES string of the molecule is Cc1nc2cc(NC(C)C(=O)Nc3c(C)cccc3C)ccc2o1. The molecule has 0 bridgehead atoms. The van der Waals surface area contributed by atoms with Gasteiger partial charge in [0.05, 0.1) is 0 Å². The molecule has 5 heteroatoms. The Bertz CT molecular complexity index is 879. The molecule has 1 aromatic heterocycles. The Balaban J connectivity index is 1.73. The van der Waals surface area contributed by atoms with E-state index in [9.17, 15) is 4.79 Å². The van der Waals surface area contributed by atoms with Crippen molar-refractivity contribution in [2.45, 2.75) is 33.7 Å². The summed E-state index contributed by atoms with van der Waals surface area (Å²) in [5.74, 6) is 0.548. The second-order valence-electron chi connectivity index (χ2n) is 6.04. The largest absolute Gasteiger partial charge is 0.441 e. The summed E-state index contributed by atoms with van der Waals surface area (Å²) in [5.41, 5.74) is 5.33. The van der Waals surface area contributed by atoms with E-state index in [0.29, 0.717) is 5.89 Å². The highest BCUT2D eigenvalue weighted by atomic mass is 16.3. The zero-order chi connectivity index (χ0) is 17.3. The summed E-state index contributed by atoms with van der Waals surface area (Å²) in [5, 5.41) is 6.21. The summed E-state index contributed by atoms with van der Waals surface area (Å²) in [6.07, 6.45) is 0. The van der Waals surface area contributed by atoms with E-state index in [4.69, 9.17) is 4.42 Å². The Morgan fingerprint density at radius 2 is 1.83 bits per heavy atom. The number of nitrogens with one attached hydrogen (secondary N) is 2. The van der Waals surface area contributed by atoms with Crippen molar-refractivity contribution in [1.82, 2.24) is 4.98 Å². The van der Waals surface area contributed by atoms with Gasteiger partial charge >= 0.3 is 0 Å². The number of oxazole rings is 1. The monoisotopic (exact) mass is 323 g/mol. The molecule has 2 aromatic carbocycles. The number of anilines is 2. The van der Waals surface area contributed by atoms with Crippen molar-refractivity contribution in [2.24, 2.45) is 0 Å². The fourth-order valence-corrected chi connectivity index (χ4v) is 2.69. The average Bonchev–Trinajstić information content (AvgIpc) is 2.90. The molecule has 24 heavy (non-hydrogen) atoms. The number of carbonyl (C=O) groups is 1. The lowest BCUT2D eigenvalue weighted by atomic mass is 10.1. The molecule has 3 aromatic rings. The van der Waals surface area contributed by atoms with Gasteiger partial charge in [-0.2, -0.15) is 0 Å². The minimum atomic E-state index is -0.380. The average molecular weight is 323 g/mol.